The van der Waals surface area contributed by atoms with Crippen LogP contribution < -0.4 is 5.32 Å². The number of carbonyl (C=O) groups is 1. The predicted molar refractivity (Wildman–Crippen MR) is 138 cm³/mol. The standard InChI is InChI=1S/C27H28ClN3O2S/c28-23-12-21-10-11-31(16-24-17-34-26(30-24)19-4-2-1-3-5-19)25(21)22(13-23)15-29-14-18-6-8-20(9-7-18)27(32)33/h1-5,10-13,17-18,20,29H,6-9,14-16H2,(H,32,33)/t18-,20-. The zero-order chi connectivity index (χ0) is 23.5. The lowest BCUT2D eigenvalue weighted by Crippen LogP contribution is -2.28. The van der Waals surface area contributed by atoms with Gasteiger partial charge >= 0.3 is 5.97 Å². The second kappa shape index (κ2) is 10.3. The van der Waals surface area contributed by atoms with E-state index in [9.17, 15) is 9.90 Å². The summed E-state index contributed by atoms with van der Waals surface area (Å²) in [6, 6.07) is 16.5. The van der Waals surface area contributed by atoms with E-state index in [1.165, 1.54) is 11.1 Å². The van der Waals surface area contributed by atoms with Crippen molar-refractivity contribution in [1.29, 1.82) is 0 Å². The molecule has 1 aliphatic rings. The van der Waals surface area contributed by atoms with Gasteiger partial charge in [-0.15, -0.1) is 11.3 Å². The summed E-state index contributed by atoms with van der Waals surface area (Å²) in [5, 5.41) is 17.9. The topological polar surface area (TPSA) is 67.2 Å². The summed E-state index contributed by atoms with van der Waals surface area (Å²) < 4.78 is 2.25. The van der Waals surface area contributed by atoms with Crippen molar-refractivity contribution in [2.24, 2.45) is 11.8 Å². The molecule has 5 rings (SSSR count). The maximum absolute atomic E-state index is 11.2. The summed E-state index contributed by atoms with van der Waals surface area (Å²) in [6.07, 6.45) is 5.62. The second-order valence-electron chi connectivity index (χ2n) is 9.14. The Kier molecular flexibility index (Phi) is 6.99. The third kappa shape index (κ3) is 5.19. The van der Waals surface area contributed by atoms with Crippen LogP contribution in [0, 0.1) is 11.8 Å². The SMILES string of the molecule is O=C(O)[C@H]1CC[C@H](CNCc2cc(Cl)cc3ccn(Cc4csc(-c5ccccc5)n4)c23)CC1. The van der Waals surface area contributed by atoms with Crippen molar-refractivity contribution in [2.45, 2.75) is 38.8 Å². The molecule has 4 aromatic rings. The highest BCUT2D eigenvalue weighted by Crippen LogP contribution is 2.30. The summed E-state index contributed by atoms with van der Waals surface area (Å²) in [5.41, 5.74) is 4.54. The summed E-state index contributed by atoms with van der Waals surface area (Å²) in [6.45, 7) is 2.33. The number of carboxylic acids is 1. The molecular weight excluding hydrogens is 466 g/mol. The first-order valence-electron chi connectivity index (χ1n) is 11.8. The zero-order valence-corrected chi connectivity index (χ0v) is 20.5. The molecule has 34 heavy (non-hydrogen) atoms. The summed E-state index contributed by atoms with van der Waals surface area (Å²) >= 11 is 8.11. The molecule has 0 aliphatic heterocycles. The molecule has 0 bridgehead atoms. The van der Waals surface area contributed by atoms with E-state index in [1.807, 2.05) is 30.3 Å². The maximum Gasteiger partial charge on any atom is 0.306 e. The highest BCUT2D eigenvalue weighted by molar-refractivity contribution is 7.13. The van der Waals surface area contributed by atoms with Crippen molar-refractivity contribution in [2.75, 3.05) is 6.54 Å². The number of nitrogens with zero attached hydrogens (tertiary/aromatic N) is 2. The lowest BCUT2D eigenvalue weighted by molar-refractivity contribution is -0.143. The van der Waals surface area contributed by atoms with Gasteiger partial charge in [-0.1, -0.05) is 41.9 Å². The average molecular weight is 494 g/mol. The largest absolute Gasteiger partial charge is 0.481 e. The summed E-state index contributed by atoms with van der Waals surface area (Å²) in [4.78, 5) is 16.1. The van der Waals surface area contributed by atoms with E-state index in [2.05, 4.69) is 39.7 Å². The van der Waals surface area contributed by atoms with E-state index in [4.69, 9.17) is 16.6 Å². The van der Waals surface area contributed by atoms with Crippen LogP contribution in [-0.2, 0) is 17.9 Å². The molecule has 5 nitrogen and oxygen atoms in total. The molecule has 7 heteroatoms. The van der Waals surface area contributed by atoms with E-state index in [1.54, 1.807) is 11.3 Å². The van der Waals surface area contributed by atoms with Gasteiger partial charge in [-0.25, -0.2) is 4.98 Å². The minimum atomic E-state index is -0.649. The van der Waals surface area contributed by atoms with E-state index < -0.39 is 5.97 Å². The van der Waals surface area contributed by atoms with Crippen LogP contribution in [0.1, 0.15) is 36.9 Å². The lowest BCUT2D eigenvalue weighted by atomic mass is 9.82. The number of hydrogen-bond acceptors (Lipinski definition) is 4. The Morgan fingerprint density at radius 3 is 2.71 bits per heavy atom. The number of fused-ring (bicyclic) bond motifs is 1. The Hall–Kier alpha value is -2.67. The van der Waals surface area contributed by atoms with Gasteiger partial charge in [-0.3, -0.25) is 4.79 Å². The molecule has 176 valence electrons. The lowest BCUT2D eigenvalue weighted by Gasteiger charge is -2.26. The van der Waals surface area contributed by atoms with Crippen LogP contribution in [0.5, 0.6) is 0 Å². The van der Waals surface area contributed by atoms with Crippen LogP contribution in [0.15, 0.2) is 60.1 Å². The molecule has 1 fully saturated rings. The van der Waals surface area contributed by atoms with Crippen LogP contribution in [0.3, 0.4) is 0 Å². The molecule has 0 unspecified atom stereocenters. The molecule has 2 heterocycles. The molecular formula is C27H28ClN3O2S. The van der Waals surface area contributed by atoms with E-state index in [-0.39, 0.29) is 5.92 Å². The highest BCUT2D eigenvalue weighted by atomic mass is 35.5. The Morgan fingerprint density at radius 2 is 1.94 bits per heavy atom. The van der Waals surface area contributed by atoms with Crippen molar-refractivity contribution in [3.05, 3.63) is 76.4 Å². The van der Waals surface area contributed by atoms with E-state index in [0.29, 0.717) is 12.5 Å². The van der Waals surface area contributed by atoms with Gasteiger partial charge in [0.05, 0.1) is 23.7 Å². The molecule has 0 saturated heterocycles. The quantitative estimate of drug-likeness (QED) is 0.296. The van der Waals surface area contributed by atoms with Crippen LogP contribution in [-0.4, -0.2) is 27.2 Å². The normalized spacial score (nSPS) is 18.4. The predicted octanol–water partition coefficient (Wildman–Crippen LogP) is 6.45. The fourth-order valence-corrected chi connectivity index (χ4v) is 6.03. The molecule has 2 aromatic carbocycles. The Bertz CT molecular complexity index is 1280. The van der Waals surface area contributed by atoms with Crippen LogP contribution in [0.25, 0.3) is 21.5 Å². The number of carboxylic acid groups (broad SMARTS) is 1. The summed E-state index contributed by atoms with van der Waals surface area (Å²) in [7, 11) is 0. The summed E-state index contributed by atoms with van der Waals surface area (Å²) in [5.74, 6) is -0.284. The van der Waals surface area contributed by atoms with Crippen molar-refractivity contribution in [3.8, 4) is 10.6 Å². The molecule has 2 N–H and O–H groups in total. The van der Waals surface area contributed by atoms with Crippen molar-refractivity contribution in [3.63, 3.8) is 0 Å². The molecule has 0 amide bonds. The molecule has 0 radical (unpaired) electrons. The van der Waals surface area contributed by atoms with Crippen molar-refractivity contribution < 1.29 is 9.90 Å². The van der Waals surface area contributed by atoms with Crippen LogP contribution in [0.2, 0.25) is 5.02 Å². The molecule has 0 spiro atoms. The van der Waals surface area contributed by atoms with Crippen LogP contribution in [0.4, 0.5) is 0 Å². The minimum Gasteiger partial charge on any atom is -0.481 e. The molecule has 2 aromatic heterocycles. The van der Waals surface area contributed by atoms with Gasteiger partial charge in [0.25, 0.3) is 0 Å². The van der Waals surface area contributed by atoms with E-state index in [0.717, 1.165) is 65.4 Å². The third-order valence-corrected chi connectivity index (χ3v) is 7.91. The minimum absolute atomic E-state index is 0.166. The van der Waals surface area contributed by atoms with Gasteiger partial charge in [0.1, 0.15) is 5.01 Å². The Morgan fingerprint density at radius 1 is 1.15 bits per heavy atom. The van der Waals surface area contributed by atoms with Crippen molar-refractivity contribution >= 4 is 39.8 Å². The molecule has 1 saturated carbocycles. The second-order valence-corrected chi connectivity index (χ2v) is 10.4. The Labute approximate surface area is 208 Å². The first-order chi connectivity index (χ1) is 16.6. The number of halogens is 1. The number of benzene rings is 2. The van der Waals surface area contributed by atoms with Gasteiger partial charge in [0, 0.05) is 34.1 Å². The number of nitrogens with one attached hydrogen (secondary N) is 1. The maximum atomic E-state index is 11.2. The van der Waals surface area contributed by atoms with E-state index >= 15 is 0 Å². The third-order valence-electron chi connectivity index (χ3n) is 6.75. The van der Waals surface area contributed by atoms with Gasteiger partial charge in [-0.2, -0.15) is 0 Å². The van der Waals surface area contributed by atoms with Gasteiger partial charge < -0.3 is 15.0 Å². The number of aliphatic carboxylic acids is 1. The monoisotopic (exact) mass is 493 g/mol. The average Bonchev–Trinajstić information content (AvgIpc) is 3.47. The van der Waals surface area contributed by atoms with Gasteiger partial charge in [0.2, 0.25) is 0 Å². The Balaban J connectivity index is 1.28. The zero-order valence-electron chi connectivity index (χ0n) is 18.9. The highest BCUT2D eigenvalue weighted by Gasteiger charge is 2.25. The first kappa shape index (κ1) is 23.1. The fraction of sp³-hybridized carbons (Fsp3) is 0.333. The van der Waals surface area contributed by atoms with Crippen LogP contribution >= 0.6 is 22.9 Å². The molecule has 1 aliphatic carbocycles. The number of hydrogen-bond donors (Lipinski definition) is 2. The van der Waals surface area contributed by atoms with Crippen molar-refractivity contribution in [1.82, 2.24) is 14.9 Å². The number of thiazole rings is 1. The fourth-order valence-electron chi connectivity index (χ4n) is 4.96. The molecule has 0 atom stereocenters. The number of aromatic nitrogens is 2. The smallest absolute Gasteiger partial charge is 0.306 e. The first-order valence-corrected chi connectivity index (χ1v) is 13.0. The number of rotatable bonds is 8. The van der Waals surface area contributed by atoms with Gasteiger partial charge in [0.15, 0.2) is 0 Å². The van der Waals surface area contributed by atoms with Gasteiger partial charge in [-0.05, 0) is 61.9 Å².